The summed E-state index contributed by atoms with van der Waals surface area (Å²) in [6.45, 7) is 2.79. The fraction of sp³-hybridized carbons (Fsp3) is 0.0800. The lowest BCUT2D eigenvalue weighted by Gasteiger charge is -2.11. The highest BCUT2D eigenvalue weighted by Gasteiger charge is 2.27. The zero-order valence-electron chi connectivity index (χ0n) is 16.5. The summed E-state index contributed by atoms with van der Waals surface area (Å²) in [5.74, 6) is -1.40. The Kier molecular flexibility index (Phi) is 6.95. The first-order valence-electron chi connectivity index (χ1n) is 9.26. The smallest absolute Gasteiger partial charge is 0.203 e. The molecule has 0 spiro atoms. The van der Waals surface area contributed by atoms with Gasteiger partial charge in [0, 0.05) is 25.8 Å². The third-order valence-electron chi connectivity index (χ3n) is 4.44. The van der Waals surface area contributed by atoms with E-state index >= 15 is 0 Å². The van der Waals surface area contributed by atoms with Gasteiger partial charge in [0.25, 0.3) is 0 Å². The number of carbonyl (C=O) groups is 4. The maximum Gasteiger partial charge on any atom is 0.203 e. The van der Waals surface area contributed by atoms with Crippen LogP contribution in [0.5, 0.6) is 0 Å². The maximum absolute atomic E-state index is 13.5. The Balaban J connectivity index is 2.20. The van der Waals surface area contributed by atoms with Crippen LogP contribution in [0.15, 0.2) is 78.9 Å². The minimum absolute atomic E-state index is 0.127. The highest BCUT2D eigenvalue weighted by Crippen LogP contribution is 2.22. The van der Waals surface area contributed by atoms with E-state index in [4.69, 9.17) is 0 Å². The molecule has 0 aliphatic rings. The van der Waals surface area contributed by atoms with Crippen LogP contribution >= 0.6 is 20.7 Å². The maximum atomic E-state index is 13.5. The molecule has 0 aromatic heterocycles. The molecule has 4 nitrogen and oxygen atoms in total. The van der Waals surface area contributed by atoms with Gasteiger partial charge in [0.05, 0.1) is 0 Å². The third-order valence-corrected chi connectivity index (χ3v) is 7.30. The molecule has 0 bridgehead atoms. The van der Waals surface area contributed by atoms with Crippen molar-refractivity contribution in [2.75, 3.05) is 0 Å². The predicted molar refractivity (Wildman–Crippen MR) is 126 cm³/mol. The number of Topliss-reactive ketones (excluding diaryl/α,β-unsaturated/α-hetero) is 4. The Hall–Kier alpha value is -3.06. The van der Waals surface area contributed by atoms with Crippen LogP contribution in [-0.4, -0.2) is 26.6 Å². The summed E-state index contributed by atoms with van der Waals surface area (Å²) in [4.78, 5) is 51.1. The molecule has 3 aromatic carbocycles. The van der Waals surface area contributed by atoms with Crippen molar-refractivity contribution in [2.24, 2.45) is 0 Å². The lowest BCUT2D eigenvalue weighted by Crippen LogP contribution is -2.25. The van der Waals surface area contributed by atoms with Crippen molar-refractivity contribution in [1.29, 1.82) is 0 Å². The molecule has 0 saturated heterocycles. The average Bonchev–Trinajstić information content (AvgIpc) is 2.77. The van der Waals surface area contributed by atoms with E-state index in [1.165, 1.54) is 13.8 Å². The monoisotopic (exact) mass is 510 g/mol. The third kappa shape index (κ3) is 4.74. The zero-order chi connectivity index (χ0) is 21.7. The van der Waals surface area contributed by atoms with Gasteiger partial charge in [0.1, 0.15) is 3.51 Å². The van der Waals surface area contributed by atoms with E-state index in [0.29, 0.717) is 0 Å². The van der Waals surface area contributed by atoms with Crippen LogP contribution in [-0.2, 0) is 0 Å². The van der Waals surface area contributed by atoms with E-state index in [-0.39, 0.29) is 37.3 Å². The van der Waals surface area contributed by atoms with Gasteiger partial charge in [-0.05, 0) is 26.0 Å². The van der Waals surface area contributed by atoms with Crippen molar-refractivity contribution in [3.63, 3.8) is 0 Å². The second-order valence-electron chi connectivity index (χ2n) is 6.57. The lowest BCUT2D eigenvalue weighted by molar-refractivity contribution is 0.0981. The van der Waals surface area contributed by atoms with E-state index in [0.717, 1.165) is 3.57 Å². The molecule has 150 valence electrons. The molecule has 0 fully saturated rings. The van der Waals surface area contributed by atoms with Crippen LogP contribution in [0.3, 0.4) is 0 Å². The summed E-state index contributed by atoms with van der Waals surface area (Å²) < 4.78 is 1.02. The van der Waals surface area contributed by atoms with E-state index in [1.807, 2.05) is 30.3 Å². The molecular formula is C25H19IO4. The van der Waals surface area contributed by atoms with Crippen LogP contribution in [0.25, 0.3) is 0 Å². The van der Waals surface area contributed by atoms with E-state index in [1.54, 1.807) is 48.5 Å². The normalized spacial score (nSPS) is 10.3. The molecule has 3 aromatic rings. The van der Waals surface area contributed by atoms with Gasteiger partial charge in [-0.15, -0.1) is 0 Å². The molecule has 0 aliphatic carbocycles. The van der Waals surface area contributed by atoms with Crippen molar-refractivity contribution in [2.45, 2.75) is 13.8 Å². The van der Waals surface area contributed by atoms with Crippen LogP contribution in [0.1, 0.15) is 55.3 Å². The number of ketones is 4. The van der Waals surface area contributed by atoms with Crippen molar-refractivity contribution >= 4 is 47.4 Å². The highest BCUT2D eigenvalue weighted by molar-refractivity contribution is 14.2. The summed E-state index contributed by atoms with van der Waals surface area (Å²) in [5, 5.41) is 0. The fourth-order valence-corrected chi connectivity index (χ4v) is 5.46. The molecule has 0 atom stereocenters. The van der Waals surface area contributed by atoms with Crippen molar-refractivity contribution < 1.29 is 19.2 Å². The minimum atomic E-state index is -1.14. The SMILES string of the molecule is CC(=O)c1ccccc1C(=O)C(=Ic1ccccc1)C(=O)c1ccccc1C(C)=O. The number of benzene rings is 3. The van der Waals surface area contributed by atoms with Crippen LogP contribution < -0.4 is 0 Å². The van der Waals surface area contributed by atoms with Crippen LogP contribution in [0.4, 0.5) is 0 Å². The molecule has 0 heterocycles. The van der Waals surface area contributed by atoms with Crippen LogP contribution in [0, 0.1) is 3.57 Å². The first-order chi connectivity index (χ1) is 14.4. The zero-order valence-corrected chi connectivity index (χ0v) is 18.7. The standard InChI is InChI=1S/C25H19IO4/c1-16(27)19-12-6-8-14-21(19)24(29)23(26-18-10-4-3-5-11-18)25(30)22-15-9-7-13-20(22)17(2)28/h3-15H,1-2H3. The molecule has 5 heteroatoms. The Morgan fingerprint density at radius 3 is 1.30 bits per heavy atom. The Morgan fingerprint density at radius 2 is 0.900 bits per heavy atom. The quantitative estimate of drug-likeness (QED) is 0.250. The molecule has 0 saturated carbocycles. The van der Waals surface area contributed by atoms with E-state index < -0.39 is 32.3 Å². The predicted octanol–water partition coefficient (Wildman–Crippen LogP) is 5.17. The molecule has 0 amide bonds. The highest BCUT2D eigenvalue weighted by atomic mass is 127. The van der Waals surface area contributed by atoms with Gasteiger partial charge < -0.3 is 0 Å². The molecule has 0 unspecified atom stereocenters. The van der Waals surface area contributed by atoms with Gasteiger partial charge in [-0.25, -0.2) is 0 Å². The molecule has 3 rings (SSSR count). The van der Waals surface area contributed by atoms with Gasteiger partial charge >= 0.3 is 0 Å². The number of hydrogen-bond acceptors (Lipinski definition) is 4. The molecule has 0 aliphatic heterocycles. The number of halogens is 1. The van der Waals surface area contributed by atoms with Gasteiger partial charge in [0.15, 0.2) is 11.6 Å². The van der Waals surface area contributed by atoms with Crippen molar-refractivity contribution in [3.8, 4) is 0 Å². The van der Waals surface area contributed by atoms with Gasteiger partial charge in [-0.3, -0.25) is 19.2 Å². The Morgan fingerprint density at radius 1 is 0.533 bits per heavy atom. The van der Waals surface area contributed by atoms with Gasteiger partial charge in [0.2, 0.25) is 11.6 Å². The fourth-order valence-electron chi connectivity index (χ4n) is 2.99. The van der Waals surface area contributed by atoms with Crippen molar-refractivity contribution in [1.82, 2.24) is 0 Å². The van der Waals surface area contributed by atoms with Crippen molar-refractivity contribution in [3.05, 3.63) is 105 Å². The summed E-state index contributed by atoms with van der Waals surface area (Å²) in [5.41, 5.74) is 0.989. The molecule has 30 heavy (non-hydrogen) atoms. The second kappa shape index (κ2) is 9.63. The topological polar surface area (TPSA) is 68.3 Å². The molecule has 0 radical (unpaired) electrons. The Labute approximate surface area is 184 Å². The molecule has 0 N–H and O–H groups in total. The first-order valence-corrected chi connectivity index (χ1v) is 11.4. The van der Waals surface area contributed by atoms with E-state index in [9.17, 15) is 19.2 Å². The number of carbonyl (C=O) groups excluding carboxylic acids is 4. The summed E-state index contributed by atoms with van der Waals surface area (Å²) in [6.07, 6.45) is 0. The largest absolute Gasteiger partial charge is 0.294 e. The van der Waals surface area contributed by atoms with Gasteiger partial charge in [-0.1, -0.05) is 87.5 Å². The lowest BCUT2D eigenvalue weighted by atomic mass is 9.94. The average molecular weight is 510 g/mol. The summed E-state index contributed by atoms with van der Waals surface area (Å²) in [6, 6.07) is 22.4. The van der Waals surface area contributed by atoms with E-state index in [2.05, 4.69) is 0 Å². The first kappa shape index (κ1) is 21.6. The molecular weight excluding hydrogens is 491 g/mol. The summed E-state index contributed by atoms with van der Waals surface area (Å²) in [7, 11) is 0. The van der Waals surface area contributed by atoms with Crippen LogP contribution in [0.2, 0.25) is 0 Å². The number of hydrogen-bond donors (Lipinski definition) is 0. The van der Waals surface area contributed by atoms with Gasteiger partial charge in [-0.2, -0.15) is 0 Å². The number of rotatable bonds is 7. The summed E-state index contributed by atoms with van der Waals surface area (Å²) >= 11 is -1.14. The Bertz CT molecular complexity index is 1110. The second-order valence-corrected chi connectivity index (χ2v) is 9.43. The minimum Gasteiger partial charge on any atom is -0.294 e.